The lowest BCUT2D eigenvalue weighted by molar-refractivity contribution is -0.122. The number of carbonyl (C=O) groups excluding carboxylic acids is 1. The Bertz CT molecular complexity index is 1110. The SMILES string of the molecule is Cc1cc(C)cc(O[C@H](C)C(=O)Nc2ccc(S(=O)(=O)Nc3ncccn3)cc2)c1. The summed E-state index contributed by atoms with van der Waals surface area (Å²) < 4.78 is 32.8. The van der Waals surface area contributed by atoms with E-state index in [2.05, 4.69) is 20.0 Å². The van der Waals surface area contributed by atoms with E-state index in [1.807, 2.05) is 32.0 Å². The van der Waals surface area contributed by atoms with E-state index in [1.165, 1.54) is 36.7 Å². The first-order valence-corrected chi connectivity index (χ1v) is 10.7. The minimum Gasteiger partial charge on any atom is -0.481 e. The van der Waals surface area contributed by atoms with E-state index in [1.54, 1.807) is 13.0 Å². The highest BCUT2D eigenvalue weighted by Gasteiger charge is 2.18. The average molecular weight is 426 g/mol. The maximum Gasteiger partial charge on any atom is 0.265 e. The van der Waals surface area contributed by atoms with Crippen molar-refractivity contribution in [3.63, 3.8) is 0 Å². The van der Waals surface area contributed by atoms with E-state index < -0.39 is 16.1 Å². The Hall–Kier alpha value is -3.46. The van der Waals surface area contributed by atoms with Crippen LogP contribution in [0.3, 0.4) is 0 Å². The van der Waals surface area contributed by atoms with Gasteiger partial charge >= 0.3 is 0 Å². The third-order valence-electron chi connectivity index (χ3n) is 4.10. The summed E-state index contributed by atoms with van der Waals surface area (Å²) in [4.78, 5) is 20.1. The van der Waals surface area contributed by atoms with Gasteiger partial charge in [0.15, 0.2) is 6.10 Å². The lowest BCUT2D eigenvalue weighted by atomic mass is 10.1. The Morgan fingerprint density at radius 2 is 1.60 bits per heavy atom. The molecular formula is C21H22N4O4S. The molecule has 2 aromatic carbocycles. The number of nitrogens with one attached hydrogen (secondary N) is 2. The molecule has 2 N–H and O–H groups in total. The Kier molecular flexibility index (Phi) is 6.31. The van der Waals surface area contributed by atoms with Crippen molar-refractivity contribution >= 4 is 27.6 Å². The number of hydrogen-bond donors (Lipinski definition) is 2. The zero-order chi connectivity index (χ0) is 21.7. The van der Waals surface area contributed by atoms with Crippen LogP contribution in [0.4, 0.5) is 11.6 Å². The minimum atomic E-state index is -3.84. The first-order chi connectivity index (χ1) is 14.2. The van der Waals surface area contributed by atoms with Crippen molar-refractivity contribution in [1.29, 1.82) is 0 Å². The van der Waals surface area contributed by atoms with Crippen LogP contribution in [0.5, 0.6) is 5.75 Å². The fraction of sp³-hybridized carbons (Fsp3) is 0.190. The number of benzene rings is 2. The molecule has 1 aromatic heterocycles. The number of ether oxygens (including phenoxy) is 1. The van der Waals surface area contributed by atoms with E-state index in [4.69, 9.17) is 4.74 Å². The van der Waals surface area contributed by atoms with E-state index in [0.717, 1.165) is 11.1 Å². The van der Waals surface area contributed by atoms with E-state index in [9.17, 15) is 13.2 Å². The maximum atomic E-state index is 12.4. The number of aryl methyl sites for hydroxylation is 2. The van der Waals surface area contributed by atoms with Gasteiger partial charge in [0.2, 0.25) is 5.95 Å². The molecule has 9 heteroatoms. The predicted molar refractivity (Wildman–Crippen MR) is 114 cm³/mol. The molecule has 0 saturated carbocycles. The van der Waals surface area contributed by atoms with Gasteiger partial charge in [-0.25, -0.2) is 23.1 Å². The van der Waals surface area contributed by atoms with Crippen LogP contribution in [0.2, 0.25) is 0 Å². The Labute approximate surface area is 175 Å². The van der Waals surface area contributed by atoms with Gasteiger partial charge in [-0.1, -0.05) is 6.07 Å². The molecule has 0 fully saturated rings. The molecule has 0 unspecified atom stereocenters. The first-order valence-electron chi connectivity index (χ1n) is 9.19. The number of anilines is 2. The molecular weight excluding hydrogens is 404 g/mol. The molecule has 0 spiro atoms. The van der Waals surface area contributed by atoms with Crippen molar-refractivity contribution in [3.05, 3.63) is 72.1 Å². The van der Waals surface area contributed by atoms with Crippen LogP contribution in [-0.2, 0) is 14.8 Å². The van der Waals surface area contributed by atoms with Crippen molar-refractivity contribution in [2.45, 2.75) is 31.8 Å². The van der Waals surface area contributed by atoms with Crippen LogP contribution < -0.4 is 14.8 Å². The van der Waals surface area contributed by atoms with E-state index >= 15 is 0 Å². The van der Waals surface area contributed by atoms with Crippen molar-refractivity contribution in [3.8, 4) is 5.75 Å². The number of nitrogens with zero attached hydrogens (tertiary/aromatic N) is 2. The van der Waals surface area contributed by atoms with Crippen molar-refractivity contribution < 1.29 is 17.9 Å². The highest BCUT2D eigenvalue weighted by Crippen LogP contribution is 2.19. The maximum absolute atomic E-state index is 12.4. The third-order valence-corrected chi connectivity index (χ3v) is 5.44. The Balaban J connectivity index is 1.63. The van der Waals surface area contributed by atoms with Gasteiger partial charge in [0.1, 0.15) is 5.75 Å². The second-order valence-electron chi connectivity index (χ2n) is 6.78. The lowest BCUT2D eigenvalue weighted by Crippen LogP contribution is -2.30. The lowest BCUT2D eigenvalue weighted by Gasteiger charge is -2.16. The van der Waals surface area contributed by atoms with Gasteiger partial charge in [-0.15, -0.1) is 0 Å². The number of rotatable bonds is 7. The van der Waals surface area contributed by atoms with Gasteiger partial charge in [-0.05, 0) is 74.4 Å². The normalized spacial score (nSPS) is 12.1. The molecule has 1 amide bonds. The molecule has 0 radical (unpaired) electrons. The summed E-state index contributed by atoms with van der Waals surface area (Å²) in [6, 6.07) is 13.1. The van der Waals surface area contributed by atoms with Crippen molar-refractivity contribution in [1.82, 2.24) is 9.97 Å². The highest BCUT2D eigenvalue weighted by molar-refractivity contribution is 7.92. The third kappa shape index (κ3) is 5.54. The van der Waals surface area contributed by atoms with Crippen LogP contribution in [0.1, 0.15) is 18.1 Å². The summed E-state index contributed by atoms with van der Waals surface area (Å²) >= 11 is 0. The smallest absolute Gasteiger partial charge is 0.265 e. The molecule has 156 valence electrons. The van der Waals surface area contributed by atoms with Crippen molar-refractivity contribution in [2.24, 2.45) is 0 Å². The molecule has 8 nitrogen and oxygen atoms in total. The molecule has 3 aromatic rings. The molecule has 1 heterocycles. The van der Waals surface area contributed by atoms with Gasteiger partial charge in [-0.3, -0.25) is 4.79 Å². The van der Waals surface area contributed by atoms with Crippen LogP contribution in [0.25, 0.3) is 0 Å². The monoisotopic (exact) mass is 426 g/mol. The number of amides is 1. The Morgan fingerprint density at radius 3 is 2.20 bits per heavy atom. The summed E-state index contributed by atoms with van der Waals surface area (Å²) in [5.41, 5.74) is 2.54. The van der Waals surface area contributed by atoms with Crippen molar-refractivity contribution in [2.75, 3.05) is 10.0 Å². The molecule has 1 atom stereocenters. The molecule has 0 aliphatic heterocycles. The fourth-order valence-corrected chi connectivity index (χ4v) is 3.71. The van der Waals surface area contributed by atoms with Crippen LogP contribution in [0, 0.1) is 13.8 Å². The standard InChI is InChI=1S/C21H22N4O4S/c1-14-11-15(2)13-18(12-14)29-16(3)20(26)24-17-5-7-19(8-6-17)30(27,28)25-21-22-9-4-10-23-21/h4-13,16H,1-3H3,(H,24,26)(H,22,23,25)/t16-/m1/s1. The Morgan fingerprint density at radius 1 is 1.00 bits per heavy atom. The highest BCUT2D eigenvalue weighted by atomic mass is 32.2. The summed E-state index contributed by atoms with van der Waals surface area (Å²) in [7, 11) is -3.84. The number of hydrogen-bond acceptors (Lipinski definition) is 6. The molecule has 0 aliphatic carbocycles. The number of aromatic nitrogens is 2. The zero-order valence-electron chi connectivity index (χ0n) is 16.8. The van der Waals surface area contributed by atoms with Gasteiger partial charge in [0.05, 0.1) is 4.90 Å². The molecule has 0 aliphatic rings. The second-order valence-corrected chi connectivity index (χ2v) is 8.46. The summed E-state index contributed by atoms with van der Waals surface area (Å²) in [5, 5.41) is 2.72. The second kappa shape index (κ2) is 8.91. The molecule has 3 rings (SSSR count). The fourth-order valence-electron chi connectivity index (χ4n) is 2.75. The van der Waals surface area contributed by atoms with E-state index in [0.29, 0.717) is 11.4 Å². The van der Waals surface area contributed by atoms with Gasteiger partial charge in [0.25, 0.3) is 15.9 Å². The van der Waals surface area contributed by atoms with Crippen LogP contribution in [0.15, 0.2) is 65.8 Å². The zero-order valence-corrected chi connectivity index (χ0v) is 17.6. The largest absolute Gasteiger partial charge is 0.481 e. The average Bonchev–Trinajstić information content (AvgIpc) is 2.68. The molecule has 0 saturated heterocycles. The van der Waals surface area contributed by atoms with Crippen LogP contribution >= 0.6 is 0 Å². The summed E-state index contributed by atoms with van der Waals surface area (Å²) in [5.74, 6) is 0.249. The molecule has 0 bridgehead atoms. The summed E-state index contributed by atoms with van der Waals surface area (Å²) in [6.45, 7) is 5.56. The topological polar surface area (TPSA) is 110 Å². The predicted octanol–water partition coefficient (Wildman–Crippen LogP) is 3.30. The quantitative estimate of drug-likeness (QED) is 0.600. The molecule has 30 heavy (non-hydrogen) atoms. The van der Waals surface area contributed by atoms with E-state index in [-0.39, 0.29) is 16.8 Å². The summed E-state index contributed by atoms with van der Waals surface area (Å²) in [6.07, 6.45) is 2.14. The van der Waals surface area contributed by atoms with Gasteiger partial charge in [0, 0.05) is 18.1 Å². The van der Waals surface area contributed by atoms with Crippen LogP contribution in [-0.4, -0.2) is 30.4 Å². The van der Waals surface area contributed by atoms with Gasteiger partial charge in [-0.2, -0.15) is 0 Å². The minimum absolute atomic E-state index is 0.0208. The number of carbonyl (C=O) groups is 1. The van der Waals surface area contributed by atoms with Gasteiger partial charge < -0.3 is 10.1 Å². The first kappa shape index (κ1) is 21.3. The number of sulfonamides is 1.